The van der Waals surface area contributed by atoms with Crippen LogP contribution in [0.15, 0.2) is 19.7 Å². The highest BCUT2D eigenvalue weighted by Crippen LogP contribution is 2.71. The predicted molar refractivity (Wildman–Crippen MR) is 74.8 cm³/mol. The van der Waals surface area contributed by atoms with Crippen molar-refractivity contribution in [1.82, 2.24) is 13.9 Å². The van der Waals surface area contributed by atoms with Crippen molar-refractivity contribution < 1.29 is 0 Å². The molecule has 104 valence electrons. The zero-order chi connectivity index (χ0) is 14.5. The first-order valence-corrected chi connectivity index (χ1v) is 7.05. The van der Waals surface area contributed by atoms with Crippen molar-refractivity contribution >= 4 is 69.6 Å². The Morgan fingerprint density at radius 1 is 0.842 bits per heavy atom. The summed E-state index contributed by atoms with van der Waals surface area (Å²) in [6.07, 6.45) is 0. The highest BCUT2D eigenvalue weighted by molar-refractivity contribution is 6.63. The quantitative estimate of drug-likeness (QED) is 0.641. The monoisotopic (exact) mass is 383 g/mol. The van der Waals surface area contributed by atoms with Crippen LogP contribution in [0.25, 0.3) is 0 Å². The average molecular weight is 386 g/mol. The molecule has 0 spiro atoms. The lowest BCUT2D eigenvalue weighted by Crippen LogP contribution is -2.47. The highest BCUT2D eigenvalue weighted by atomic mass is 35.5. The molecule has 0 unspecified atom stereocenters. The van der Waals surface area contributed by atoms with Gasteiger partial charge in [-0.05, 0) is 0 Å². The van der Waals surface area contributed by atoms with Crippen molar-refractivity contribution in [3.63, 3.8) is 0 Å². The molecule has 11 heteroatoms. The molecule has 0 saturated carbocycles. The van der Waals surface area contributed by atoms with Gasteiger partial charge in [0, 0.05) is 7.05 Å². The van der Waals surface area contributed by atoms with Crippen molar-refractivity contribution in [2.45, 2.75) is 14.3 Å². The van der Waals surface area contributed by atoms with Gasteiger partial charge in [-0.15, -0.1) is 0 Å². The fourth-order valence-corrected chi connectivity index (χ4v) is 4.83. The topological polar surface area (TPSA) is 48.9 Å². The normalized spacial score (nSPS) is 35.1. The molecule has 5 nitrogen and oxygen atoms in total. The highest BCUT2D eigenvalue weighted by Gasteiger charge is 2.79. The van der Waals surface area contributed by atoms with E-state index >= 15 is 0 Å². The maximum absolute atomic E-state index is 12.1. The summed E-state index contributed by atoms with van der Waals surface area (Å²) in [5.41, 5.74) is -1.51. The Balaban J connectivity index is 2.62. The first kappa shape index (κ1) is 14.2. The van der Waals surface area contributed by atoms with Gasteiger partial charge in [0.2, 0.25) is 14.3 Å². The maximum Gasteiger partial charge on any atom is 0.349 e. The van der Waals surface area contributed by atoms with Crippen LogP contribution in [-0.2, 0) is 17.0 Å². The number of rotatable bonds is 0. The standard InChI is InChI=1S/C8H3Cl6N3O2/c1-15-4(18)16-6(11)2(9)3(10)7(12,8(6,13)14)17(16)5(15)19/h1H3/t6-,7+. The van der Waals surface area contributed by atoms with Gasteiger partial charge in [-0.3, -0.25) is 0 Å². The van der Waals surface area contributed by atoms with E-state index in [2.05, 4.69) is 0 Å². The fourth-order valence-electron chi connectivity index (χ4n) is 2.31. The minimum absolute atomic E-state index is 0.191. The van der Waals surface area contributed by atoms with Crippen LogP contribution in [-0.4, -0.2) is 18.3 Å². The molecule has 19 heavy (non-hydrogen) atoms. The molecule has 0 radical (unpaired) electrons. The van der Waals surface area contributed by atoms with E-state index in [0.29, 0.717) is 0 Å². The fraction of sp³-hybridized carbons (Fsp3) is 0.500. The van der Waals surface area contributed by atoms with Crippen molar-refractivity contribution in [2.75, 3.05) is 0 Å². The molecule has 1 aromatic heterocycles. The number of allylic oxidation sites excluding steroid dienone is 2. The summed E-state index contributed by atoms with van der Waals surface area (Å²) in [5.74, 6) is 0. The first-order valence-electron chi connectivity index (χ1n) is 4.78. The van der Waals surface area contributed by atoms with Crippen LogP contribution in [0.5, 0.6) is 0 Å². The number of halogens is 6. The van der Waals surface area contributed by atoms with Crippen LogP contribution < -0.4 is 11.4 Å². The molecule has 2 bridgehead atoms. The second-order valence-electron chi connectivity index (χ2n) is 4.19. The third-order valence-electron chi connectivity index (χ3n) is 3.33. The lowest BCUT2D eigenvalue weighted by atomic mass is 10.2. The van der Waals surface area contributed by atoms with E-state index in [0.717, 1.165) is 13.9 Å². The molecule has 1 aromatic rings. The number of nitrogens with zero attached hydrogens (tertiary/aromatic N) is 3. The lowest BCUT2D eigenvalue weighted by Gasteiger charge is -2.29. The van der Waals surface area contributed by atoms with Crippen LogP contribution in [0.1, 0.15) is 0 Å². The van der Waals surface area contributed by atoms with Gasteiger partial charge in [0.05, 0.1) is 10.1 Å². The predicted octanol–water partition coefficient (Wildman–Crippen LogP) is 2.02. The van der Waals surface area contributed by atoms with Gasteiger partial charge in [0.25, 0.3) is 0 Å². The Hall–Kier alpha value is 0.220. The molecule has 0 amide bonds. The SMILES string of the molecule is Cn1c(=O)n2n(c1=O)[C@@]1(Cl)C(Cl)=C(Cl)[C@]2(Cl)C1(Cl)Cl. The van der Waals surface area contributed by atoms with Crippen LogP contribution in [0.2, 0.25) is 0 Å². The minimum Gasteiger partial charge on any atom is -0.246 e. The molecule has 0 fully saturated rings. The average Bonchev–Trinajstić information content (AvgIpc) is 2.69. The van der Waals surface area contributed by atoms with Gasteiger partial charge in [-0.2, -0.15) is 9.36 Å². The number of alkyl halides is 4. The molecule has 2 heterocycles. The smallest absolute Gasteiger partial charge is 0.246 e. The van der Waals surface area contributed by atoms with E-state index in [1.165, 1.54) is 7.05 Å². The molecule has 3 rings (SSSR count). The zero-order valence-corrected chi connectivity index (χ0v) is 13.5. The Morgan fingerprint density at radius 3 is 1.47 bits per heavy atom. The van der Waals surface area contributed by atoms with Crippen LogP contribution in [0.3, 0.4) is 0 Å². The van der Waals surface area contributed by atoms with E-state index in [9.17, 15) is 9.59 Å². The van der Waals surface area contributed by atoms with Crippen LogP contribution >= 0.6 is 69.6 Å². The third-order valence-corrected chi connectivity index (χ3v) is 7.29. The van der Waals surface area contributed by atoms with Crippen molar-refractivity contribution in [2.24, 2.45) is 7.05 Å². The van der Waals surface area contributed by atoms with E-state index in [1.54, 1.807) is 0 Å². The summed E-state index contributed by atoms with van der Waals surface area (Å²) in [6, 6.07) is 0. The largest absolute Gasteiger partial charge is 0.349 e. The molecular weight excluding hydrogens is 383 g/mol. The Kier molecular flexibility index (Phi) is 2.62. The number of hydrogen-bond acceptors (Lipinski definition) is 2. The summed E-state index contributed by atoms with van der Waals surface area (Å²) in [5, 5.41) is -0.382. The molecular formula is C8H3Cl6N3O2. The van der Waals surface area contributed by atoms with Crippen molar-refractivity contribution in [3.8, 4) is 0 Å². The number of aromatic nitrogens is 3. The molecule has 0 aromatic carbocycles. The summed E-state index contributed by atoms with van der Waals surface area (Å²) < 4.78 is 0.441. The van der Waals surface area contributed by atoms with Gasteiger partial charge >= 0.3 is 11.4 Å². The van der Waals surface area contributed by atoms with Gasteiger partial charge in [0.15, 0.2) is 0 Å². The zero-order valence-electron chi connectivity index (χ0n) is 8.93. The van der Waals surface area contributed by atoms with Gasteiger partial charge in [-0.25, -0.2) is 14.2 Å². The van der Waals surface area contributed by atoms with E-state index in [4.69, 9.17) is 69.6 Å². The Morgan fingerprint density at radius 2 is 1.16 bits per heavy atom. The Labute approximate surface area is 135 Å². The maximum atomic E-state index is 12.1. The van der Waals surface area contributed by atoms with Gasteiger partial charge in [-0.1, -0.05) is 69.6 Å². The summed E-state index contributed by atoms with van der Waals surface area (Å²) >= 11 is 37.0. The molecule has 2 aliphatic rings. The van der Waals surface area contributed by atoms with Crippen molar-refractivity contribution in [1.29, 1.82) is 0 Å². The summed E-state index contributed by atoms with van der Waals surface area (Å²) in [6.45, 7) is 0. The first-order chi connectivity index (χ1) is 8.54. The van der Waals surface area contributed by atoms with Crippen LogP contribution in [0.4, 0.5) is 0 Å². The molecule has 2 atom stereocenters. The van der Waals surface area contributed by atoms with Gasteiger partial charge in [0.1, 0.15) is 0 Å². The lowest BCUT2D eigenvalue weighted by molar-refractivity contribution is 0.447. The second-order valence-corrected chi connectivity index (χ2v) is 7.37. The number of fused-ring (bicyclic) bond motifs is 5. The third kappa shape index (κ3) is 1.09. The van der Waals surface area contributed by atoms with Crippen LogP contribution in [0, 0.1) is 0 Å². The summed E-state index contributed by atoms with van der Waals surface area (Å²) in [4.78, 5) is 20.3. The molecule has 0 saturated heterocycles. The second kappa shape index (κ2) is 3.51. The molecule has 0 N–H and O–H groups in total. The molecule has 1 aliphatic heterocycles. The number of hydrogen-bond donors (Lipinski definition) is 0. The Bertz CT molecular complexity index is 713. The molecule has 1 aliphatic carbocycles. The van der Waals surface area contributed by atoms with E-state index < -0.39 is 25.7 Å². The van der Waals surface area contributed by atoms with Gasteiger partial charge < -0.3 is 0 Å². The van der Waals surface area contributed by atoms with Crippen molar-refractivity contribution in [3.05, 3.63) is 31.0 Å². The van der Waals surface area contributed by atoms with E-state index in [-0.39, 0.29) is 10.1 Å². The van der Waals surface area contributed by atoms with E-state index in [1.807, 2.05) is 0 Å². The minimum atomic E-state index is -2.00. The summed E-state index contributed by atoms with van der Waals surface area (Å²) in [7, 11) is 1.26.